The Morgan fingerprint density at radius 3 is 2.00 bits per heavy atom. The summed E-state index contributed by atoms with van der Waals surface area (Å²) in [5.74, 6) is 1.64. The lowest BCUT2D eigenvalue weighted by molar-refractivity contribution is 0.0715. The molecule has 3 aromatic carbocycles. The topological polar surface area (TPSA) is 36.9 Å². The fourth-order valence-electron chi connectivity index (χ4n) is 2.92. The van der Waals surface area contributed by atoms with Crippen LogP contribution in [0.1, 0.15) is 13.8 Å². The molecule has 0 aliphatic rings. The molecule has 0 fully saturated rings. The van der Waals surface area contributed by atoms with Gasteiger partial charge in [-0.3, -0.25) is 0 Å². The summed E-state index contributed by atoms with van der Waals surface area (Å²) in [6.07, 6.45) is 0.0329. The van der Waals surface area contributed by atoms with Crippen LogP contribution in [0.25, 0.3) is 21.9 Å². The number of fused-ring (bicyclic) bond motifs is 1. The van der Waals surface area contributed by atoms with E-state index in [1.54, 1.807) is 14.2 Å². The zero-order chi connectivity index (χ0) is 19.9. The van der Waals surface area contributed by atoms with Crippen molar-refractivity contribution < 1.29 is 18.9 Å². The van der Waals surface area contributed by atoms with Crippen molar-refractivity contribution in [3.05, 3.63) is 60.7 Å². The van der Waals surface area contributed by atoms with Crippen molar-refractivity contribution >= 4 is 10.8 Å². The van der Waals surface area contributed by atoms with Gasteiger partial charge < -0.3 is 18.9 Å². The third kappa shape index (κ3) is 4.83. The van der Waals surface area contributed by atoms with Crippen molar-refractivity contribution in [2.24, 2.45) is 0 Å². The SMILES string of the molecule is COC(C)COc1cc2c(OCC(C)OC)cccc2cc1-c1ccccc1. The van der Waals surface area contributed by atoms with Gasteiger partial charge in [0.1, 0.15) is 24.7 Å². The molecule has 0 aliphatic heterocycles. The van der Waals surface area contributed by atoms with Gasteiger partial charge in [0.25, 0.3) is 0 Å². The molecule has 0 radical (unpaired) electrons. The molecule has 3 rings (SSSR count). The molecule has 0 spiro atoms. The van der Waals surface area contributed by atoms with E-state index in [0.29, 0.717) is 13.2 Å². The maximum Gasteiger partial charge on any atom is 0.128 e. The highest BCUT2D eigenvalue weighted by molar-refractivity contribution is 5.94. The third-order valence-electron chi connectivity index (χ3n) is 4.78. The summed E-state index contributed by atoms with van der Waals surface area (Å²) in [6.45, 7) is 4.95. The van der Waals surface area contributed by atoms with Crippen LogP contribution in [0.5, 0.6) is 11.5 Å². The molecule has 0 aromatic heterocycles. The molecular formula is C24H28O4. The van der Waals surface area contributed by atoms with Gasteiger partial charge in [-0.1, -0.05) is 42.5 Å². The highest BCUT2D eigenvalue weighted by Gasteiger charge is 2.13. The lowest BCUT2D eigenvalue weighted by Gasteiger charge is -2.18. The predicted octanol–water partition coefficient (Wildman–Crippen LogP) is 5.33. The molecule has 0 N–H and O–H groups in total. The number of hydrogen-bond donors (Lipinski definition) is 0. The second-order valence-corrected chi connectivity index (χ2v) is 6.91. The van der Waals surface area contributed by atoms with Gasteiger partial charge >= 0.3 is 0 Å². The van der Waals surface area contributed by atoms with E-state index in [2.05, 4.69) is 30.3 Å². The van der Waals surface area contributed by atoms with Crippen molar-refractivity contribution in [2.75, 3.05) is 27.4 Å². The fourth-order valence-corrected chi connectivity index (χ4v) is 2.92. The minimum absolute atomic E-state index is 0.00775. The molecule has 0 heterocycles. The molecule has 3 aromatic rings. The normalized spacial score (nSPS) is 13.3. The molecule has 0 amide bonds. The van der Waals surface area contributed by atoms with Gasteiger partial charge in [-0.15, -0.1) is 0 Å². The molecule has 0 bridgehead atoms. The van der Waals surface area contributed by atoms with Gasteiger partial charge in [-0.2, -0.15) is 0 Å². The van der Waals surface area contributed by atoms with Crippen LogP contribution in [0.3, 0.4) is 0 Å². The highest BCUT2D eigenvalue weighted by atomic mass is 16.5. The Bertz CT molecular complexity index is 892. The van der Waals surface area contributed by atoms with Crippen LogP contribution in [0.4, 0.5) is 0 Å². The standard InChI is InChI=1S/C24H28O4/c1-17(25-3)15-27-23-12-8-11-20-13-21(19-9-6-5-7-10-19)24(14-22(20)23)28-16-18(2)26-4/h5-14,17-18H,15-16H2,1-4H3. The Labute approximate surface area is 167 Å². The summed E-state index contributed by atoms with van der Waals surface area (Å²) in [7, 11) is 3.38. The Morgan fingerprint density at radius 2 is 1.36 bits per heavy atom. The van der Waals surface area contributed by atoms with E-state index in [0.717, 1.165) is 33.4 Å². The summed E-state index contributed by atoms with van der Waals surface area (Å²) in [4.78, 5) is 0. The van der Waals surface area contributed by atoms with E-state index in [1.807, 2.05) is 44.2 Å². The number of methoxy groups -OCH3 is 2. The van der Waals surface area contributed by atoms with E-state index in [-0.39, 0.29) is 12.2 Å². The maximum absolute atomic E-state index is 6.15. The number of benzene rings is 3. The second kappa shape index (κ2) is 9.58. The van der Waals surface area contributed by atoms with Gasteiger partial charge in [-0.25, -0.2) is 0 Å². The minimum atomic E-state index is 0.00775. The predicted molar refractivity (Wildman–Crippen MR) is 113 cm³/mol. The molecule has 148 valence electrons. The first kappa shape index (κ1) is 20.2. The molecule has 0 aliphatic carbocycles. The average molecular weight is 380 g/mol. The third-order valence-corrected chi connectivity index (χ3v) is 4.78. The molecule has 28 heavy (non-hydrogen) atoms. The quantitative estimate of drug-likeness (QED) is 0.502. The van der Waals surface area contributed by atoms with Crippen LogP contribution < -0.4 is 9.47 Å². The van der Waals surface area contributed by atoms with E-state index in [9.17, 15) is 0 Å². The second-order valence-electron chi connectivity index (χ2n) is 6.91. The molecule has 4 nitrogen and oxygen atoms in total. The van der Waals surface area contributed by atoms with Crippen LogP contribution in [-0.2, 0) is 9.47 Å². The van der Waals surface area contributed by atoms with Gasteiger partial charge in [-0.05, 0) is 43.0 Å². The van der Waals surface area contributed by atoms with Gasteiger partial charge in [0.2, 0.25) is 0 Å². The van der Waals surface area contributed by atoms with E-state index in [1.165, 1.54) is 0 Å². The zero-order valence-electron chi connectivity index (χ0n) is 17.0. The van der Waals surface area contributed by atoms with Gasteiger partial charge in [0.05, 0.1) is 12.2 Å². The number of rotatable bonds is 9. The molecule has 2 atom stereocenters. The van der Waals surface area contributed by atoms with Crippen LogP contribution in [-0.4, -0.2) is 39.6 Å². The largest absolute Gasteiger partial charge is 0.490 e. The van der Waals surface area contributed by atoms with Gasteiger partial charge in [0.15, 0.2) is 0 Å². The first-order valence-electron chi connectivity index (χ1n) is 9.55. The molecule has 0 saturated heterocycles. The minimum Gasteiger partial charge on any atom is -0.490 e. The first-order chi connectivity index (χ1) is 13.6. The van der Waals surface area contributed by atoms with Crippen LogP contribution in [0, 0.1) is 0 Å². The van der Waals surface area contributed by atoms with Crippen molar-refractivity contribution in [3.8, 4) is 22.6 Å². The van der Waals surface area contributed by atoms with Crippen molar-refractivity contribution in [3.63, 3.8) is 0 Å². The van der Waals surface area contributed by atoms with Crippen LogP contribution in [0.15, 0.2) is 60.7 Å². The maximum atomic E-state index is 6.15. The van der Waals surface area contributed by atoms with E-state index in [4.69, 9.17) is 18.9 Å². The molecular weight excluding hydrogens is 352 g/mol. The Balaban J connectivity index is 2.03. The lowest BCUT2D eigenvalue weighted by Crippen LogP contribution is -2.16. The Kier molecular flexibility index (Phi) is 6.90. The summed E-state index contributed by atoms with van der Waals surface area (Å²) >= 11 is 0. The molecule has 4 heteroatoms. The van der Waals surface area contributed by atoms with E-state index < -0.39 is 0 Å². The van der Waals surface area contributed by atoms with Crippen LogP contribution in [0.2, 0.25) is 0 Å². The monoisotopic (exact) mass is 380 g/mol. The van der Waals surface area contributed by atoms with E-state index >= 15 is 0 Å². The average Bonchev–Trinajstić information content (AvgIpc) is 2.75. The number of ether oxygens (including phenoxy) is 4. The van der Waals surface area contributed by atoms with Crippen molar-refractivity contribution in [2.45, 2.75) is 26.1 Å². The Hall–Kier alpha value is -2.56. The number of hydrogen-bond acceptors (Lipinski definition) is 4. The van der Waals surface area contributed by atoms with Crippen LogP contribution >= 0.6 is 0 Å². The summed E-state index contributed by atoms with van der Waals surface area (Å²) in [5.41, 5.74) is 2.17. The highest BCUT2D eigenvalue weighted by Crippen LogP contribution is 2.37. The first-order valence-corrected chi connectivity index (χ1v) is 9.55. The summed E-state index contributed by atoms with van der Waals surface area (Å²) in [5, 5.41) is 2.12. The van der Waals surface area contributed by atoms with Crippen molar-refractivity contribution in [1.82, 2.24) is 0 Å². The van der Waals surface area contributed by atoms with Crippen molar-refractivity contribution in [1.29, 1.82) is 0 Å². The summed E-state index contributed by atoms with van der Waals surface area (Å²) < 4.78 is 22.8. The Morgan fingerprint density at radius 1 is 0.714 bits per heavy atom. The molecule has 2 unspecified atom stereocenters. The fraction of sp³-hybridized carbons (Fsp3) is 0.333. The summed E-state index contributed by atoms with van der Waals surface area (Å²) in [6, 6.07) is 20.6. The zero-order valence-corrected chi connectivity index (χ0v) is 17.0. The lowest BCUT2D eigenvalue weighted by atomic mass is 9.99. The molecule has 0 saturated carbocycles. The smallest absolute Gasteiger partial charge is 0.128 e. The van der Waals surface area contributed by atoms with Gasteiger partial charge in [0, 0.05) is 25.2 Å².